The Bertz CT molecular complexity index is 933. The van der Waals surface area contributed by atoms with Crippen molar-refractivity contribution >= 4 is 30.0 Å². The van der Waals surface area contributed by atoms with Crippen molar-refractivity contribution in [2.75, 3.05) is 0 Å². The molecule has 0 fully saturated rings. The molecule has 2 amide bonds. The number of primary amides is 1. The molecule has 6 N–H and O–H groups in total. The van der Waals surface area contributed by atoms with Gasteiger partial charge in [-0.05, 0) is 11.6 Å². The van der Waals surface area contributed by atoms with Gasteiger partial charge in [0.1, 0.15) is 6.04 Å². The molecule has 1 aliphatic heterocycles. The van der Waals surface area contributed by atoms with Crippen molar-refractivity contribution < 1.29 is 34.2 Å². The molecule has 2 aromatic rings. The minimum absolute atomic E-state index is 0.0369. The lowest BCUT2D eigenvalue weighted by molar-refractivity contribution is -0.139. The first-order valence-corrected chi connectivity index (χ1v) is 8.47. The quantitative estimate of drug-likeness (QED) is 0.412. The lowest BCUT2D eigenvalue weighted by Gasteiger charge is -2.24. The van der Waals surface area contributed by atoms with Gasteiger partial charge in [-0.3, -0.25) is 14.4 Å². The number of carboxylic acids is 1. The van der Waals surface area contributed by atoms with Gasteiger partial charge in [0, 0.05) is 11.7 Å². The maximum absolute atomic E-state index is 12.6. The monoisotopic (exact) mass is 385 g/mol. The summed E-state index contributed by atoms with van der Waals surface area (Å²) in [4.78, 5) is 35.3. The number of hydrogen-bond donors (Lipinski definition) is 5. The molecule has 1 aliphatic rings. The number of nitrogens with two attached hydrogens (primary N) is 1. The Balaban J connectivity index is 1.87. The zero-order valence-corrected chi connectivity index (χ0v) is 14.6. The van der Waals surface area contributed by atoms with Crippen molar-refractivity contribution in [2.45, 2.75) is 18.6 Å². The van der Waals surface area contributed by atoms with Gasteiger partial charge in [-0.2, -0.15) is 0 Å². The smallest absolute Gasteiger partial charge is 0.405 e. The Hall–Kier alpha value is -3.21. The molecular formula is C18H18BN2O7-. The van der Waals surface area contributed by atoms with E-state index in [1.54, 1.807) is 30.3 Å². The second-order valence-electron chi connectivity index (χ2n) is 6.49. The summed E-state index contributed by atoms with van der Waals surface area (Å²) in [5.74, 6) is -2.59. The summed E-state index contributed by atoms with van der Waals surface area (Å²) in [6, 6.07) is 11.3. The van der Waals surface area contributed by atoms with Crippen LogP contribution in [0.2, 0.25) is 0 Å². The minimum Gasteiger partial charge on any atom is -0.556 e. The Labute approximate surface area is 159 Å². The molecule has 0 saturated heterocycles. The predicted octanol–water partition coefficient (Wildman–Crippen LogP) is -0.681. The van der Waals surface area contributed by atoms with Crippen LogP contribution in [0.25, 0.3) is 0 Å². The van der Waals surface area contributed by atoms with Gasteiger partial charge in [0.15, 0.2) is 0 Å². The van der Waals surface area contributed by atoms with E-state index in [4.69, 9.17) is 15.5 Å². The van der Waals surface area contributed by atoms with Crippen LogP contribution in [-0.2, 0) is 14.2 Å². The second kappa shape index (κ2) is 7.43. The van der Waals surface area contributed by atoms with E-state index < -0.39 is 43.1 Å². The molecule has 0 saturated carbocycles. The lowest BCUT2D eigenvalue weighted by atomic mass is 9.70. The van der Waals surface area contributed by atoms with Gasteiger partial charge in [-0.1, -0.05) is 48.0 Å². The first kappa shape index (κ1) is 19.6. The van der Waals surface area contributed by atoms with Crippen molar-refractivity contribution in [3.8, 4) is 0 Å². The third-order valence-electron chi connectivity index (χ3n) is 4.51. The molecule has 1 heterocycles. The van der Waals surface area contributed by atoms with Crippen molar-refractivity contribution in [1.29, 1.82) is 0 Å². The van der Waals surface area contributed by atoms with Crippen LogP contribution in [0.5, 0.6) is 0 Å². The van der Waals surface area contributed by atoms with E-state index in [1.807, 2.05) is 0 Å². The molecule has 3 rings (SSSR count). The molecule has 2 atom stereocenters. The second-order valence-corrected chi connectivity index (χ2v) is 6.49. The van der Waals surface area contributed by atoms with Gasteiger partial charge in [0.05, 0.1) is 6.42 Å². The number of aliphatic carboxylic acids is 1. The number of carbonyl (C=O) groups excluding carboxylic acids is 2. The number of fused-ring (bicyclic) bond motifs is 1. The molecule has 0 radical (unpaired) electrons. The van der Waals surface area contributed by atoms with E-state index in [2.05, 4.69) is 5.32 Å². The van der Waals surface area contributed by atoms with Gasteiger partial charge >= 0.3 is 12.7 Å². The van der Waals surface area contributed by atoms with E-state index in [0.29, 0.717) is 5.56 Å². The molecule has 10 heteroatoms. The topological polar surface area (TPSA) is 159 Å². The summed E-state index contributed by atoms with van der Waals surface area (Å²) in [6.07, 6.45) is -1.50. The molecule has 28 heavy (non-hydrogen) atoms. The molecule has 146 valence electrons. The number of carboxylic acid groups (broad SMARTS) is 1. The number of rotatable bonds is 6. The largest absolute Gasteiger partial charge is 0.556 e. The highest BCUT2D eigenvalue weighted by Gasteiger charge is 2.39. The average molecular weight is 385 g/mol. The van der Waals surface area contributed by atoms with Gasteiger partial charge in [-0.25, -0.2) is 0 Å². The van der Waals surface area contributed by atoms with E-state index in [9.17, 15) is 24.4 Å². The average Bonchev–Trinajstić information content (AvgIpc) is 2.89. The van der Waals surface area contributed by atoms with Gasteiger partial charge in [0.2, 0.25) is 5.91 Å². The van der Waals surface area contributed by atoms with Crippen LogP contribution < -0.4 is 16.5 Å². The fourth-order valence-electron chi connectivity index (χ4n) is 3.21. The maximum Gasteiger partial charge on any atom is 0.405 e. The lowest BCUT2D eigenvalue weighted by Crippen LogP contribution is -2.48. The molecule has 0 aliphatic carbocycles. The Morgan fingerprint density at radius 2 is 1.82 bits per heavy atom. The SMILES string of the molecule is NC(=O)[C@H](NC(=O)c1ccc2c(c1)[B-](O)(O)O[C@H]2CC(=O)O)c1ccccc1. The first-order chi connectivity index (χ1) is 13.2. The highest BCUT2D eigenvalue weighted by molar-refractivity contribution is 6.74. The van der Waals surface area contributed by atoms with Crippen molar-refractivity contribution in [1.82, 2.24) is 5.32 Å². The fraction of sp³-hybridized carbons (Fsp3) is 0.167. The van der Waals surface area contributed by atoms with Crippen LogP contribution in [0.3, 0.4) is 0 Å². The number of hydrogen-bond acceptors (Lipinski definition) is 6. The van der Waals surface area contributed by atoms with Crippen molar-refractivity contribution in [2.24, 2.45) is 5.73 Å². The fourth-order valence-corrected chi connectivity index (χ4v) is 3.21. The zero-order chi connectivity index (χ0) is 20.5. The summed E-state index contributed by atoms with van der Waals surface area (Å²) in [7, 11) is 0. The third kappa shape index (κ3) is 3.88. The van der Waals surface area contributed by atoms with Crippen LogP contribution in [0, 0.1) is 0 Å². The Kier molecular flexibility index (Phi) is 5.19. The van der Waals surface area contributed by atoms with E-state index in [-0.39, 0.29) is 16.6 Å². The maximum atomic E-state index is 12.6. The van der Waals surface area contributed by atoms with Crippen LogP contribution >= 0.6 is 0 Å². The molecule has 2 aromatic carbocycles. The van der Waals surface area contributed by atoms with Gasteiger partial charge < -0.3 is 30.9 Å². The summed E-state index contributed by atoms with van der Waals surface area (Å²) < 4.78 is 5.04. The van der Waals surface area contributed by atoms with Crippen LogP contribution in [0.1, 0.15) is 40.1 Å². The summed E-state index contributed by atoms with van der Waals surface area (Å²) >= 11 is 0. The molecule has 0 aromatic heterocycles. The summed E-state index contributed by atoms with van der Waals surface area (Å²) in [5, 5.41) is 31.6. The standard InChI is InChI=1S/C18H18BN2O7/c20-17(24)16(10-4-2-1-3-5-10)21-18(25)11-6-7-12-13(8-11)19(26,27)28-14(12)9-15(22)23/h1-8,14,16,26-27H,9H2,(H2,20,24)(H,21,25)(H,22,23)/q-1/t14-,16+/m0/s1. The third-order valence-corrected chi connectivity index (χ3v) is 4.51. The van der Waals surface area contributed by atoms with E-state index in [0.717, 1.165) is 0 Å². The van der Waals surface area contributed by atoms with E-state index >= 15 is 0 Å². The van der Waals surface area contributed by atoms with Crippen LogP contribution in [-0.4, -0.2) is 39.7 Å². The Morgan fingerprint density at radius 3 is 2.43 bits per heavy atom. The Morgan fingerprint density at radius 1 is 1.14 bits per heavy atom. The first-order valence-electron chi connectivity index (χ1n) is 8.47. The summed E-state index contributed by atoms with van der Waals surface area (Å²) in [5.41, 5.74) is 6.12. The predicted molar refractivity (Wildman–Crippen MR) is 98.2 cm³/mol. The van der Waals surface area contributed by atoms with Gasteiger partial charge in [0.25, 0.3) is 5.91 Å². The zero-order valence-electron chi connectivity index (χ0n) is 14.6. The normalized spacial score (nSPS) is 18.1. The molecule has 0 spiro atoms. The minimum atomic E-state index is -3.45. The van der Waals surface area contributed by atoms with Crippen molar-refractivity contribution in [3.05, 3.63) is 65.2 Å². The molecule has 9 nitrogen and oxygen atoms in total. The number of benzene rings is 2. The highest BCUT2D eigenvalue weighted by Crippen LogP contribution is 2.30. The molecule has 0 unspecified atom stereocenters. The number of nitrogens with one attached hydrogen (secondary N) is 1. The molecular weight excluding hydrogens is 367 g/mol. The highest BCUT2D eigenvalue weighted by atomic mass is 16.6. The van der Waals surface area contributed by atoms with Crippen molar-refractivity contribution in [3.63, 3.8) is 0 Å². The number of carbonyl (C=O) groups is 3. The summed E-state index contributed by atoms with van der Waals surface area (Å²) in [6.45, 7) is -3.45. The van der Waals surface area contributed by atoms with E-state index in [1.165, 1.54) is 18.2 Å². The van der Waals surface area contributed by atoms with Crippen LogP contribution in [0.4, 0.5) is 0 Å². The number of amides is 2. The van der Waals surface area contributed by atoms with Gasteiger partial charge in [-0.15, -0.1) is 5.46 Å². The van der Waals surface area contributed by atoms with Crippen LogP contribution in [0.15, 0.2) is 48.5 Å². The molecule has 0 bridgehead atoms.